The lowest BCUT2D eigenvalue weighted by atomic mass is 10.00. The van der Waals surface area contributed by atoms with E-state index in [-0.39, 0.29) is 18.0 Å². The van der Waals surface area contributed by atoms with Gasteiger partial charge in [-0.1, -0.05) is 6.07 Å². The van der Waals surface area contributed by atoms with Gasteiger partial charge in [0.2, 0.25) is 0 Å². The number of aryl methyl sites for hydroxylation is 1. The number of halogens is 1. The molecule has 0 bridgehead atoms. The van der Waals surface area contributed by atoms with Crippen LogP contribution in [-0.4, -0.2) is 37.7 Å². The van der Waals surface area contributed by atoms with E-state index in [0.29, 0.717) is 6.54 Å². The Morgan fingerprint density at radius 2 is 2.33 bits per heavy atom. The zero-order chi connectivity index (χ0) is 13.1. The van der Waals surface area contributed by atoms with Crippen molar-refractivity contribution in [2.45, 2.75) is 25.5 Å². The highest BCUT2D eigenvalue weighted by Gasteiger charge is 2.29. The first-order valence-electron chi connectivity index (χ1n) is 6.38. The number of nitrogens with zero attached hydrogens (tertiary/aromatic N) is 1. The van der Waals surface area contributed by atoms with E-state index < -0.39 is 0 Å². The maximum absolute atomic E-state index is 13.4. The number of hydrogen-bond donors (Lipinski definition) is 1. The van der Waals surface area contributed by atoms with E-state index in [0.717, 1.165) is 30.6 Å². The van der Waals surface area contributed by atoms with Crippen LogP contribution in [0.25, 0.3) is 0 Å². The van der Waals surface area contributed by atoms with Crippen LogP contribution < -0.4 is 5.73 Å². The van der Waals surface area contributed by atoms with Gasteiger partial charge < -0.3 is 10.5 Å². The van der Waals surface area contributed by atoms with Gasteiger partial charge in [0.25, 0.3) is 0 Å². The Kier molecular flexibility index (Phi) is 4.32. The van der Waals surface area contributed by atoms with Gasteiger partial charge >= 0.3 is 0 Å². The molecule has 0 aromatic heterocycles. The maximum Gasteiger partial charge on any atom is 0.123 e. The highest BCUT2D eigenvalue weighted by atomic mass is 19.1. The second-order valence-electron chi connectivity index (χ2n) is 4.89. The molecule has 18 heavy (non-hydrogen) atoms. The largest absolute Gasteiger partial charge is 0.380 e. The highest BCUT2D eigenvalue weighted by Crippen LogP contribution is 2.27. The summed E-state index contributed by atoms with van der Waals surface area (Å²) in [5, 5.41) is 0. The topological polar surface area (TPSA) is 38.5 Å². The summed E-state index contributed by atoms with van der Waals surface area (Å²) in [6, 6.07) is 5.00. The fourth-order valence-corrected chi connectivity index (χ4v) is 2.67. The Morgan fingerprint density at radius 1 is 1.56 bits per heavy atom. The van der Waals surface area contributed by atoms with Gasteiger partial charge in [-0.15, -0.1) is 0 Å². The van der Waals surface area contributed by atoms with Crippen LogP contribution in [0.4, 0.5) is 4.39 Å². The third kappa shape index (κ3) is 2.71. The highest BCUT2D eigenvalue weighted by molar-refractivity contribution is 5.30. The van der Waals surface area contributed by atoms with Gasteiger partial charge in [0.1, 0.15) is 5.82 Å². The Bertz CT molecular complexity index is 411. The molecule has 1 aromatic rings. The molecule has 100 valence electrons. The standard InChI is InChI=1S/C14H21FN2O/c1-10-3-4-11(15)7-13(10)14(8-16)17-6-5-12(9-17)18-2/h3-4,7,12,14H,5-6,8-9,16H2,1-2H3. The summed E-state index contributed by atoms with van der Waals surface area (Å²) in [5.41, 5.74) is 7.97. The summed E-state index contributed by atoms with van der Waals surface area (Å²) in [7, 11) is 1.74. The van der Waals surface area contributed by atoms with Gasteiger partial charge in [0.15, 0.2) is 0 Å². The maximum atomic E-state index is 13.4. The van der Waals surface area contributed by atoms with Crippen LogP contribution in [0.5, 0.6) is 0 Å². The van der Waals surface area contributed by atoms with Crippen LogP contribution in [0.15, 0.2) is 18.2 Å². The van der Waals surface area contributed by atoms with E-state index in [4.69, 9.17) is 10.5 Å². The van der Waals surface area contributed by atoms with Crippen LogP contribution in [0.3, 0.4) is 0 Å². The van der Waals surface area contributed by atoms with Crippen molar-refractivity contribution in [3.8, 4) is 0 Å². The normalized spacial score (nSPS) is 22.3. The molecule has 1 aliphatic heterocycles. The van der Waals surface area contributed by atoms with Gasteiger partial charge in [0, 0.05) is 32.8 Å². The van der Waals surface area contributed by atoms with Gasteiger partial charge in [-0.05, 0) is 36.6 Å². The molecule has 3 nitrogen and oxygen atoms in total. The Balaban J connectivity index is 2.20. The summed E-state index contributed by atoms with van der Waals surface area (Å²) in [5.74, 6) is -0.198. The minimum Gasteiger partial charge on any atom is -0.380 e. The number of nitrogens with two attached hydrogens (primary N) is 1. The Labute approximate surface area is 108 Å². The SMILES string of the molecule is COC1CCN(C(CN)c2cc(F)ccc2C)C1. The lowest BCUT2D eigenvalue weighted by Gasteiger charge is -2.28. The van der Waals surface area contributed by atoms with E-state index in [2.05, 4.69) is 4.90 Å². The lowest BCUT2D eigenvalue weighted by molar-refractivity contribution is 0.101. The lowest BCUT2D eigenvalue weighted by Crippen LogP contribution is -2.33. The predicted molar refractivity (Wildman–Crippen MR) is 69.9 cm³/mol. The van der Waals surface area contributed by atoms with Crippen molar-refractivity contribution in [3.63, 3.8) is 0 Å². The third-order valence-electron chi connectivity index (χ3n) is 3.77. The van der Waals surface area contributed by atoms with Gasteiger partial charge in [-0.3, -0.25) is 4.90 Å². The fraction of sp³-hybridized carbons (Fsp3) is 0.571. The van der Waals surface area contributed by atoms with Gasteiger partial charge in [-0.2, -0.15) is 0 Å². The van der Waals surface area contributed by atoms with Crippen LogP contribution >= 0.6 is 0 Å². The van der Waals surface area contributed by atoms with Gasteiger partial charge in [0.05, 0.1) is 6.10 Å². The molecule has 1 fully saturated rings. The average molecular weight is 252 g/mol. The summed E-state index contributed by atoms with van der Waals surface area (Å²) in [6.45, 7) is 4.33. The number of benzene rings is 1. The summed E-state index contributed by atoms with van der Waals surface area (Å²) >= 11 is 0. The minimum absolute atomic E-state index is 0.0841. The molecule has 1 saturated heterocycles. The smallest absolute Gasteiger partial charge is 0.123 e. The minimum atomic E-state index is -0.198. The number of methoxy groups -OCH3 is 1. The van der Waals surface area contributed by atoms with E-state index in [9.17, 15) is 4.39 Å². The van der Waals surface area contributed by atoms with Crippen molar-refractivity contribution < 1.29 is 9.13 Å². The van der Waals surface area contributed by atoms with Crippen molar-refractivity contribution in [2.24, 2.45) is 5.73 Å². The predicted octanol–water partition coefficient (Wildman–Crippen LogP) is 1.85. The molecule has 0 amide bonds. The van der Waals surface area contributed by atoms with E-state index in [1.54, 1.807) is 13.2 Å². The monoisotopic (exact) mass is 252 g/mol. The van der Waals surface area contributed by atoms with Crippen molar-refractivity contribution in [2.75, 3.05) is 26.7 Å². The van der Waals surface area contributed by atoms with E-state index >= 15 is 0 Å². The molecular weight excluding hydrogens is 231 g/mol. The molecule has 4 heteroatoms. The van der Waals surface area contributed by atoms with Crippen molar-refractivity contribution in [3.05, 3.63) is 35.1 Å². The molecule has 0 aliphatic carbocycles. The molecule has 1 heterocycles. The molecule has 2 rings (SSSR count). The van der Waals surface area contributed by atoms with E-state index in [1.807, 2.05) is 13.0 Å². The molecule has 0 spiro atoms. The number of likely N-dealkylation sites (tertiary alicyclic amines) is 1. The molecular formula is C14H21FN2O. The summed E-state index contributed by atoms with van der Waals surface area (Å²) < 4.78 is 18.8. The molecule has 0 radical (unpaired) electrons. The summed E-state index contributed by atoms with van der Waals surface area (Å²) in [6.07, 6.45) is 1.29. The van der Waals surface area contributed by atoms with Crippen molar-refractivity contribution in [1.82, 2.24) is 4.90 Å². The molecule has 2 atom stereocenters. The van der Waals surface area contributed by atoms with Gasteiger partial charge in [-0.25, -0.2) is 4.39 Å². The third-order valence-corrected chi connectivity index (χ3v) is 3.77. The zero-order valence-electron chi connectivity index (χ0n) is 11.0. The molecule has 1 aromatic carbocycles. The van der Waals surface area contributed by atoms with Crippen LogP contribution in [0, 0.1) is 12.7 Å². The number of ether oxygens (including phenoxy) is 1. The summed E-state index contributed by atoms with van der Waals surface area (Å²) in [4.78, 5) is 2.29. The zero-order valence-corrected chi connectivity index (χ0v) is 11.0. The quantitative estimate of drug-likeness (QED) is 0.889. The average Bonchev–Trinajstić information content (AvgIpc) is 2.83. The Morgan fingerprint density at radius 3 is 2.94 bits per heavy atom. The van der Waals surface area contributed by atoms with Crippen LogP contribution in [0.1, 0.15) is 23.6 Å². The Hall–Kier alpha value is -0.970. The van der Waals surface area contributed by atoms with Crippen molar-refractivity contribution >= 4 is 0 Å². The van der Waals surface area contributed by atoms with Crippen molar-refractivity contribution in [1.29, 1.82) is 0 Å². The first kappa shape index (κ1) is 13.5. The van der Waals surface area contributed by atoms with E-state index in [1.165, 1.54) is 6.07 Å². The fourth-order valence-electron chi connectivity index (χ4n) is 2.67. The molecule has 2 unspecified atom stereocenters. The molecule has 1 aliphatic rings. The van der Waals surface area contributed by atoms with Crippen LogP contribution in [0.2, 0.25) is 0 Å². The van der Waals surface area contributed by atoms with Crippen LogP contribution in [-0.2, 0) is 4.74 Å². The first-order chi connectivity index (χ1) is 8.65. The second kappa shape index (κ2) is 5.78. The second-order valence-corrected chi connectivity index (χ2v) is 4.89. The molecule has 2 N–H and O–H groups in total. The number of hydrogen-bond acceptors (Lipinski definition) is 3. The first-order valence-corrected chi connectivity index (χ1v) is 6.38. The number of rotatable bonds is 4. The molecule has 0 saturated carbocycles.